The van der Waals surface area contributed by atoms with Crippen molar-refractivity contribution < 1.29 is 49.6 Å². The Kier molecular flexibility index (Phi) is 9.48. The molecule has 7 nitrogen and oxygen atoms in total. The molecule has 4 aromatic rings. The van der Waals surface area contributed by atoms with Crippen LogP contribution in [0.25, 0.3) is 10.8 Å². The van der Waals surface area contributed by atoms with Crippen LogP contribution in [0.15, 0.2) is 78.9 Å². The number of carbonyl (C=O) groups excluding carboxylic acids is 2. The van der Waals surface area contributed by atoms with Crippen LogP contribution in [0.4, 0.5) is 30.9 Å². The van der Waals surface area contributed by atoms with Gasteiger partial charge in [0.2, 0.25) is 0 Å². The van der Waals surface area contributed by atoms with Crippen molar-refractivity contribution >= 4 is 36.1 Å². The molecule has 254 valence electrons. The summed E-state index contributed by atoms with van der Waals surface area (Å²) in [6.45, 7) is 5.07. The van der Waals surface area contributed by atoms with Crippen LogP contribution in [0.3, 0.4) is 0 Å². The summed E-state index contributed by atoms with van der Waals surface area (Å²) in [6.07, 6.45) is 5.24. The van der Waals surface area contributed by atoms with Gasteiger partial charge in [-0.15, -0.1) is 6.42 Å². The first kappa shape index (κ1) is 34.7. The van der Waals surface area contributed by atoms with Crippen molar-refractivity contribution in [3.8, 4) is 18.1 Å². The van der Waals surface area contributed by atoms with Crippen LogP contribution < -0.4 is 15.0 Å². The average Bonchev–Trinajstić information content (AvgIpc) is 3.04. The fourth-order valence-electron chi connectivity index (χ4n) is 5.57. The van der Waals surface area contributed by atoms with Crippen molar-refractivity contribution in [2.45, 2.75) is 19.6 Å². The van der Waals surface area contributed by atoms with Gasteiger partial charge in [0.15, 0.2) is 0 Å². The second-order valence-corrected chi connectivity index (χ2v) is 13.2. The van der Waals surface area contributed by atoms with Gasteiger partial charge in [-0.2, -0.15) is 0 Å². The second kappa shape index (κ2) is 13.1. The van der Waals surface area contributed by atoms with E-state index in [0.717, 1.165) is 54.0 Å². The number of rotatable bonds is 9. The Morgan fingerprint density at radius 1 is 0.771 bits per heavy atom. The van der Waals surface area contributed by atoms with E-state index in [2.05, 4.69) is 28.3 Å². The molecule has 1 fully saturated rings. The van der Waals surface area contributed by atoms with Crippen LogP contribution in [-0.2, 0) is 24.4 Å². The Balaban J connectivity index is 0.000000582. The van der Waals surface area contributed by atoms with Crippen molar-refractivity contribution in [3.05, 3.63) is 107 Å². The summed E-state index contributed by atoms with van der Waals surface area (Å²) < 4.78 is 70.1. The maximum atomic E-state index is 13.6. The molecule has 0 saturated carbocycles. The van der Waals surface area contributed by atoms with Crippen molar-refractivity contribution in [1.82, 2.24) is 4.90 Å². The standard InChI is InChI=1S/C34H31N3O4.F6P/c1-2-18-41-27-12-10-25(11-13-27)22-35-21-24-6-8-26(9-7-24)23-37-33(38)29-5-3-4-28-31(36-16-19-40-20-17-36)15-14-30(32(28)29)34(37)39;1-7(2,3,4,5)6/h1,3-15,35H,16-23H2;/q;-1/p+1. The Hall–Kier alpha value is -4.63. The molecular formula is C34H32F6N3O4P. The van der Waals surface area contributed by atoms with Crippen LogP contribution >= 0.6 is 7.81 Å². The molecule has 0 unspecified atom stereocenters. The summed E-state index contributed by atoms with van der Waals surface area (Å²) in [5.41, 5.74) is 5.48. The minimum absolute atomic E-state index is 0.233. The van der Waals surface area contributed by atoms with Gasteiger partial charge in [0.25, 0.3) is 11.8 Å². The molecule has 2 aliphatic heterocycles. The van der Waals surface area contributed by atoms with E-state index in [0.29, 0.717) is 24.3 Å². The monoisotopic (exact) mass is 691 g/mol. The van der Waals surface area contributed by atoms with Crippen molar-refractivity contribution in [2.75, 3.05) is 37.8 Å². The molecule has 0 spiro atoms. The van der Waals surface area contributed by atoms with E-state index >= 15 is 0 Å². The van der Waals surface area contributed by atoms with E-state index in [1.807, 2.05) is 66.7 Å². The number of morpholine rings is 1. The van der Waals surface area contributed by atoms with Gasteiger partial charge in [-0.25, -0.2) is 0 Å². The molecule has 0 aromatic heterocycles. The first-order valence-electron chi connectivity index (χ1n) is 14.9. The number of nitrogens with two attached hydrogens (primary N) is 1. The molecule has 6 rings (SSSR count). The normalized spacial score (nSPS) is 16.0. The molecule has 2 amide bonds. The van der Waals surface area contributed by atoms with E-state index in [-0.39, 0.29) is 25.0 Å². The average molecular weight is 692 g/mol. The molecule has 1 saturated heterocycles. The second-order valence-electron chi connectivity index (χ2n) is 11.3. The topological polar surface area (TPSA) is 75.7 Å². The third-order valence-corrected chi connectivity index (χ3v) is 7.69. The number of hydrogen-bond donors (Lipinski definition) is 1. The van der Waals surface area contributed by atoms with Crippen LogP contribution in [0.5, 0.6) is 5.75 Å². The van der Waals surface area contributed by atoms with Crippen molar-refractivity contribution in [3.63, 3.8) is 0 Å². The Morgan fingerprint density at radius 2 is 1.31 bits per heavy atom. The Morgan fingerprint density at radius 3 is 1.90 bits per heavy atom. The van der Waals surface area contributed by atoms with Crippen LogP contribution in [0.1, 0.15) is 37.4 Å². The van der Waals surface area contributed by atoms with E-state index in [1.54, 1.807) is 0 Å². The molecule has 48 heavy (non-hydrogen) atoms. The summed E-state index contributed by atoms with van der Waals surface area (Å²) in [4.78, 5) is 30.8. The van der Waals surface area contributed by atoms with Crippen molar-refractivity contribution in [2.24, 2.45) is 0 Å². The number of quaternary nitrogens is 1. The summed E-state index contributed by atoms with van der Waals surface area (Å²) in [5, 5.41) is 3.92. The molecular weight excluding hydrogens is 659 g/mol. The van der Waals surface area contributed by atoms with Gasteiger partial charge in [-0.3, -0.25) is 14.5 Å². The van der Waals surface area contributed by atoms with Gasteiger partial charge in [0, 0.05) is 51.8 Å². The fraction of sp³-hybridized carbons (Fsp3) is 0.235. The van der Waals surface area contributed by atoms with Crippen LogP contribution in [0.2, 0.25) is 0 Å². The minimum atomic E-state index is -10.7. The number of nitrogens with zero attached hydrogens (tertiary/aromatic N) is 2. The van der Waals surface area contributed by atoms with E-state index in [4.69, 9.17) is 15.9 Å². The third-order valence-electron chi connectivity index (χ3n) is 7.69. The number of amides is 2. The first-order chi connectivity index (χ1) is 22.6. The quantitative estimate of drug-likeness (QED) is 0.0876. The van der Waals surface area contributed by atoms with Crippen LogP contribution in [0, 0.1) is 12.3 Å². The molecule has 2 N–H and O–H groups in total. The summed E-state index contributed by atoms with van der Waals surface area (Å²) >= 11 is 0. The maximum absolute atomic E-state index is 13.6. The Bertz CT molecular complexity index is 1820. The number of hydrogen-bond acceptors (Lipinski definition) is 5. The summed E-state index contributed by atoms with van der Waals surface area (Å²) in [7, 11) is -10.7. The molecule has 4 aromatic carbocycles. The third kappa shape index (κ3) is 9.47. The predicted molar refractivity (Wildman–Crippen MR) is 171 cm³/mol. The summed E-state index contributed by atoms with van der Waals surface area (Å²) in [6, 6.07) is 25.7. The zero-order valence-electron chi connectivity index (χ0n) is 25.6. The van der Waals surface area contributed by atoms with E-state index in [1.165, 1.54) is 16.0 Å². The zero-order chi connectivity index (χ0) is 34.6. The van der Waals surface area contributed by atoms with E-state index in [9.17, 15) is 34.8 Å². The van der Waals surface area contributed by atoms with Gasteiger partial charge in [0.1, 0.15) is 25.4 Å². The molecule has 0 bridgehead atoms. The number of carbonyl (C=O) groups is 2. The number of terminal acetylenes is 1. The predicted octanol–water partition coefficient (Wildman–Crippen LogP) is 7.13. The molecule has 0 atom stereocenters. The summed E-state index contributed by atoms with van der Waals surface area (Å²) in [5.74, 6) is 2.74. The number of benzene rings is 4. The van der Waals surface area contributed by atoms with Gasteiger partial charge < -0.3 is 19.7 Å². The fourth-order valence-corrected chi connectivity index (χ4v) is 5.57. The van der Waals surface area contributed by atoms with Gasteiger partial charge in [-0.05, 0) is 48.0 Å². The number of imide groups is 1. The first-order valence-corrected chi connectivity index (χ1v) is 17.0. The number of halogens is 6. The Labute approximate surface area is 272 Å². The molecule has 2 aliphatic rings. The zero-order valence-corrected chi connectivity index (χ0v) is 26.5. The van der Waals surface area contributed by atoms with E-state index < -0.39 is 7.81 Å². The molecule has 14 heteroatoms. The SMILES string of the molecule is C#CCOc1ccc(C[NH2+]Cc2ccc(CN3C(=O)c4cccc5c(N6CCOCC6)ccc(c45)C3=O)cc2)cc1.F[P-](F)(F)(F)(F)F. The molecule has 0 radical (unpaired) electrons. The van der Waals surface area contributed by atoms with Gasteiger partial charge in [-0.1, -0.05) is 42.3 Å². The number of anilines is 1. The number of ether oxygens (including phenoxy) is 2. The molecule has 2 heterocycles. The molecule has 0 aliphatic carbocycles. The van der Waals surface area contributed by atoms with Crippen LogP contribution in [-0.4, -0.2) is 49.6 Å². The van der Waals surface area contributed by atoms with Crippen molar-refractivity contribution in [1.29, 1.82) is 0 Å². The van der Waals surface area contributed by atoms with Gasteiger partial charge >= 0.3 is 33.0 Å². The van der Waals surface area contributed by atoms with Gasteiger partial charge in [0.05, 0.1) is 19.8 Å².